The molecule has 6 heteroatoms. The Morgan fingerprint density at radius 1 is 1.36 bits per heavy atom. The average Bonchev–Trinajstić information content (AvgIpc) is 2.95. The summed E-state index contributed by atoms with van der Waals surface area (Å²) in [6.07, 6.45) is 4.32. The van der Waals surface area contributed by atoms with Gasteiger partial charge in [-0.3, -0.25) is 0 Å². The van der Waals surface area contributed by atoms with Gasteiger partial charge in [-0.2, -0.15) is 0 Å². The van der Waals surface area contributed by atoms with Gasteiger partial charge in [-0.15, -0.1) is 11.3 Å². The van der Waals surface area contributed by atoms with E-state index in [0.717, 1.165) is 60.6 Å². The van der Waals surface area contributed by atoms with Crippen molar-refractivity contribution in [3.05, 3.63) is 29.3 Å². The molecule has 0 spiro atoms. The molecule has 2 bridgehead atoms. The number of hydrogen-bond donors (Lipinski definition) is 1. The van der Waals surface area contributed by atoms with Crippen molar-refractivity contribution in [2.45, 2.75) is 45.1 Å². The van der Waals surface area contributed by atoms with Crippen LogP contribution < -0.4 is 0 Å². The van der Waals surface area contributed by atoms with Crippen LogP contribution in [-0.2, 0) is 6.42 Å². The molecular formula is C19H26BN2OS2+. The van der Waals surface area contributed by atoms with Gasteiger partial charge in [-0.25, -0.2) is 4.98 Å². The molecule has 4 heterocycles. The zero-order valence-electron chi connectivity index (χ0n) is 13.8. The van der Waals surface area contributed by atoms with Gasteiger partial charge in [-0.05, 0) is 29.8 Å². The van der Waals surface area contributed by atoms with Crippen molar-refractivity contribution in [3.8, 4) is 0 Å². The molecule has 0 saturated carbocycles. The van der Waals surface area contributed by atoms with Gasteiger partial charge in [0.05, 0.1) is 34.9 Å². The predicted octanol–water partition coefficient (Wildman–Crippen LogP) is 3.68. The molecule has 25 heavy (non-hydrogen) atoms. The van der Waals surface area contributed by atoms with E-state index < -0.39 is 5.60 Å². The van der Waals surface area contributed by atoms with Gasteiger partial charge in [-0.1, -0.05) is 31.8 Å². The fraction of sp³-hybridized carbons (Fsp3) is 0.579. The second-order valence-corrected chi connectivity index (χ2v) is 9.19. The van der Waals surface area contributed by atoms with Crippen LogP contribution in [0.1, 0.15) is 38.1 Å². The minimum absolute atomic E-state index is 0. The van der Waals surface area contributed by atoms with Gasteiger partial charge in [0.1, 0.15) is 5.60 Å². The van der Waals surface area contributed by atoms with Crippen molar-refractivity contribution in [3.63, 3.8) is 0 Å². The fourth-order valence-corrected chi connectivity index (χ4v) is 5.68. The Morgan fingerprint density at radius 2 is 2.08 bits per heavy atom. The Hall–Kier alpha value is -0.815. The number of nitrogens with zero attached hydrogens (tertiary/aromatic N) is 2. The van der Waals surface area contributed by atoms with Crippen LogP contribution in [0.3, 0.4) is 0 Å². The van der Waals surface area contributed by atoms with E-state index in [9.17, 15) is 5.11 Å². The molecule has 2 radical (unpaired) electrons. The number of fused-ring (bicyclic) bond motifs is 4. The first-order chi connectivity index (χ1) is 11.5. The lowest BCUT2D eigenvalue weighted by Crippen LogP contribution is -2.68. The summed E-state index contributed by atoms with van der Waals surface area (Å²) in [7, 11) is 6.38. The first-order valence-electron chi connectivity index (χ1n) is 8.69. The monoisotopic (exact) mass is 373 g/mol. The smallest absolute Gasteiger partial charge is 0.394 e. The molecule has 2 aromatic rings. The Kier molecular flexibility index (Phi) is 5.36. The molecule has 132 valence electrons. The Balaban J connectivity index is 0.00000182. The number of benzene rings is 1. The van der Waals surface area contributed by atoms with Crippen LogP contribution in [0, 0.1) is 5.92 Å². The van der Waals surface area contributed by atoms with E-state index in [1.807, 2.05) is 18.2 Å². The van der Waals surface area contributed by atoms with Crippen LogP contribution in [0.5, 0.6) is 0 Å². The standard InChI is InChI=1S/C18H22BN2OS2.CH4/c19-21-9-6-13(7-10-21)18(22,12-21)8-5-14(23)11-17-20-15-3-1-2-4-16(15)24-17;/h1-4,13,22H,5-12H2;1H4/q+1;. The van der Waals surface area contributed by atoms with E-state index >= 15 is 0 Å². The van der Waals surface area contributed by atoms with Crippen LogP contribution in [-0.4, -0.2) is 52.6 Å². The maximum atomic E-state index is 11.1. The molecule has 1 unspecified atom stereocenters. The van der Waals surface area contributed by atoms with Crippen LogP contribution in [0.25, 0.3) is 10.2 Å². The lowest BCUT2D eigenvalue weighted by atomic mass is 9.69. The highest BCUT2D eigenvalue weighted by Gasteiger charge is 2.51. The second kappa shape index (κ2) is 7.07. The fourth-order valence-electron chi connectivity index (χ4n) is 4.34. The maximum Gasteiger partial charge on any atom is 0.481 e. The second-order valence-electron chi connectivity index (χ2n) is 7.49. The van der Waals surface area contributed by atoms with Gasteiger partial charge in [0.25, 0.3) is 0 Å². The third-order valence-electron chi connectivity index (χ3n) is 5.72. The van der Waals surface area contributed by atoms with E-state index in [4.69, 9.17) is 20.2 Å². The molecule has 1 atom stereocenters. The number of rotatable bonds is 5. The first kappa shape index (κ1) is 19.0. The maximum absolute atomic E-state index is 11.1. The molecule has 3 aliphatic heterocycles. The van der Waals surface area contributed by atoms with Gasteiger partial charge in [0.15, 0.2) is 0 Å². The van der Waals surface area contributed by atoms with E-state index in [2.05, 4.69) is 11.1 Å². The minimum atomic E-state index is -0.636. The molecule has 0 amide bonds. The van der Waals surface area contributed by atoms with E-state index in [-0.39, 0.29) is 7.43 Å². The van der Waals surface area contributed by atoms with Crippen molar-refractivity contribution in [1.29, 1.82) is 0 Å². The molecule has 5 rings (SSSR count). The highest BCUT2D eigenvalue weighted by atomic mass is 32.1. The normalized spacial score (nSPS) is 31.0. The van der Waals surface area contributed by atoms with E-state index in [0.29, 0.717) is 16.9 Å². The quantitative estimate of drug-likeness (QED) is 0.641. The van der Waals surface area contributed by atoms with Crippen molar-refractivity contribution >= 4 is 46.6 Å². The van der Waals surface area contributed by atoms with Crippen LogP contribution >= 0.6 is 23.6 Å². The molecule has 1 aromatic carbocycles. The Labute approximate surface area is 161 Å². The summed E-state index contributed by atoms with van der Waals surface area (Å²) in [5.74, 6) is 0.395. The lowest BCUT2D eigenvalue weighted by molar-refractivity contribution is -0.846. The number of thiocarbonyl (C=S) groups is 1. The zero-order valence-corrected chi connectivity index (χ0v) is 15.4. The number of thiazole rings is 1. The average molecular weight is 373 g/mol. The summed E-state index contributed by atoms with van der Waals surface area (Å²) in [6, 6.07) is 8.19. The summed E-state index contributed by atoms with van der Waals surface area (Å²) in [6.45, 7) is 2.69. The Bertz CT molecular complexity index is 737. The predicted molar refractivity (Wildman–Crippen MR) is 110 cm³/mol. The van der Waals surface area contributed by atoms with Crippen molar-refractivity contribution in [2.24, 2.45) is 5.92 Å². The highest BCUT2D eigenvalue weighted by Crippen LogP contribution is 2.41. The third kappa shape index (κ3) is 3.82. The van der Waals surface area contributed by atoms with Crippen molar-refractivity contribution in [2.75, 3.05) is 19.6 Å². The highest BCUT2D eigenvalue weighted by molar-refractivity contribution is 7.80. The number of para-hydroxylation sites is 1. The summed E-state index contributed by atoms with van der Waals surface area (Å²) in [5.41, 5.74) is 0.411. The van der Waals surface area contributed by atoms with Gasteiger partial charge in [0, 0.05) is 25.2 Å². The summed E-state index contributed by atoms with van der Waals surface area (Å²) in [4.78, 5) is 5.65. The van der Waals surface area contributed by atoms with Crippen LogP contribution in [0.2, 0.25) is 0 Å². The summed E-state index contributed by atoms with van der Waals surface area (Å²) in [5, 5.41) is 12.2. The molecule has 0 aliphatic carbocycles. The number of aliphatic hydroxyl groups is 1. The summed E-state index contributed by atoms with van der Waals surface area (Å²) >= 11 is 7.31. The lowest BCUT2D eigenvalue weighted by Gasteiger charge is -2.55. The number of hydrogen-bond acceptors (Lipinski definition) is 4. The van der Waals surface area contributed by atoms with Crippen molar-refractivity contribution in [1.82, 2.24) is 4.98 Å². The zero-order chi connectivity index (χ0) is 16.8. The molecule has 3 nitrogen and oxygen atoms in total. The number of quaternary nitrogens is 1. The summed E-state index contributed by atoms with van der Waals surface area (Å²) < 4.78 is 1.75. The largest absolute Gasteiger partial charge is 0.481 e. The van der Waals surface area contributed by atoms with Crippen LogP contribution in [0.15, 0.2) is 24.3 Å². The van der Waals surface area contributed by atoms with Gasteiger partial charge in [0.2, 0.25) is 0 Å². The van der Waals surface area contributed by atoms with Gasteiger partial charge < -0.3 is 9.50 Å². The molecule has 1 aromatic heterocycles. The molecular weight excluding hydrogens is 347 g/mol. The third-order valence-corrected chi connectivity index (χ3v) is 7.10. The first-order valence-corrected chi connectivity index (χ1v) is 9.92. The molecule has 3 aliphatic rings. The number of piperidine rings is 3. The van der Waals surface area contributed by atoms with E-state index in [1.54, 1.807) is 11.3 Å². The van der Waals surface area contributed by atoms with Crippen LogP contribution in [0.4, 0.5) is 0 Å². The molecule has 3 saturated heterocycles. The molecule has 1 N–H and O–H groups in total. The van der Waals surface area contributed by atoms with Gasteiger partial charge >= 0.3 is 7.98 Å². The topological polar surface area (TPSA) is 33.1 Å². The van der Waals surface area contributed by atoms with Crippen molar-refractivity contribution < 1.29 is 9.50 Å². The minimum Gasteiger partial charge on any atom is -0.394 e. The SMILES string of the molecule is C.[B][N+]12CCC(CC1)C(O)(CCC(=S)Cc1nc3ccccc3s1)C2. The Morgan fingerprint density at radius 3 is 2.76 bits per heavy atom. The number of aromatic nitrogens is 1. The molecule has 3 fully saturated rings. The van der Waals surface area contributed by atoms with E-state index in [1.165, 1.54) is 4.70 Å².